The van der Waals surface area contributed by atoms with E-state index in [9.17, 15) is 0 Å². The minimum absolute atomic E-state index is 0.660. The molecule has 0 atom stereocenters. The maximum absolute atomic E-state index is 6.67. The molecule has 0 spiro atoms. The Bertz CT molecular complexity index is 3200. The lowest BCUT2D eigenvalue weighted by Gasteiger charge is -2.26. The van der Waals surface area contributed by atoms with Crippen LogP contribution in [-0.2, 0) is 0 Å². The molecule has 0 N–H and O–H groups in total. The van der Waals surface area contributed by atoms with Gasteiger partial charge in [-0.1, -0.05) is 133 Å². The molecule has 0 fully saturated rings. The molecule has 11 rings (SSSR count). The summed E-state index contributed by atoms with van der Waals surface area (Å²) in [6.07, 6.45) is 0. The number of thiophene rings is 1. The van der Waals surface area contributed by atoms with Gasteiger partial charge in [-0.05, 0) is 70.4 Å². The average molecular weight is 722 g/mol. The second-order valence-corrected chi connectivity index (χ2v) is 14.8. The van der Waals surface area contributed by atoms with Gasteiger partial charge in [0.05, 0.1) is 21.6 Å². The van der Waals surface area contributed by atoms with Gasteiger partial charge in [-0.2, -0.15) is 0 Å². The quantitative estimate of drug-likeness (QED) is 0.171. The monoisotopic (exact) mass is 721 g/mol. The summed E-state index contributed by atoms with van der Waals surface area (Å²) >= 11 is 1.75. The topological polar surface area (TPSA) is 42.2 Å². The SMILES string of the molecule is c1ccc(-c2nc(-c3cc(N(c4ccccc4)c4ccc(-c5ccc6ccccc6c5)cc4)cc4oc5ccccc5c34)nc3c2sc2ccccc23)cc1. The molecule has 0 amide bonds. The maximum atomic E-state index is 6.67. The van der Waals surface area contributed by atoms with Crippen LogP contribution >= 0.6 is 11.3 Å². The second-order valence-electron chi connectivity index (χ2n) is 13.8. The summed E-state index contributed by atoms with van der Waals surface area (Å²) in [6.45, 7) is 0. The zero-order valence-corrected chi connectivity index (χ0v) is 30.4. The summed E-state index contributed by atoms with van der Waals surface area (Å²) in [7, 11) is 0. The molecule has 5 heteroatoms. The van der Waals surface area contributed by atoms with Gasteiger partial charge in [-0.25, -0.2) is 9.97 Å². The normalized spacial score (nSPS) is 11.6. The number of furan rings is 1. The van der Waals surface area contributed by atoms with Gasteiger partial charge in [0, 0.05) is 49.4 Å². The van der Waals surface area contributed by atoms with E-state index in [1.807, 2.05) is 18.2 Å². The first-order valence-electron chi connectivity index (χ1n) is 18.4. The third kappa shape index (κ3) is 5.36. The van der Waals surface area contributed by atoms with E-state index < -0.39 is 0 Å². The van der Waals surface area contributed by atoms with Crippen LogP contribution in [0.4, 0.5) is 17.1 Å². The highest BCUT2D eigenvalue weighted by atomic mass is 32.1. The number of nitrogens with zero attached hydrogens (tertiary/aromatic N) is 3. The van der Waals surface area contributed by atoms with Gasteiger partial charge in [0.15, 0.2) is 5.82 Å². The van der Waals surface area contributed by atoms with Gasteiger partial charge in [0.1, 0.15) is 11.2 Å². The molecule has 0 saturated heterocycles. The average Bonchev–Trinajstić information content (AvgIpc) is 3.82. The van der Waals surface area contributed by atoms with Crippen LogP contribution in [0.1, 0.15) is 0 Å². The maximum Gasteiger partial charge on any atom is 0.161 e. The lowest BCUT2D eigenvalue weighted by Crippen LogP contribution is -2.10. The Balaban J connectivity index is 1.15. The number of aromatic nitrogens is 2. The van der Waals surface area contributed by atoms with E-state index >= 15 is 0 Å². The molecule has 4 nitrogen and oxygen atoms in total. The molecular formula is C50H31N3OS. The first-order chi connectivity index (χ1) is 27.2. The van der Waals surface area contributed by atoms with E-state index in [1.165, 1.54) is 21.0 Å². The van der Waals surface area contributed by atoms with Gasteiger partial charge in [-0.3, -0.25) is 0 Å². The van der Waals surface area contributed by atoms with E-state index in [4.69, 9.17) is 14.4 Å². The third-order valence-corrected chi connectivity index (χ3v) is 11.6. The number of anilines is 3. The van der Waals surface area contributed by atoms with Crippen LogP contribution in [0.25, 0.3) is 86.8 Å². The highest BCUT2D eigenvalue weighted by Crippen LogP contribution is 2.45. The molecule has 0 unspecified atom stereocenters. The largest absolute Gasteiger partial charge is 0.456 e. The summed E-state index contributed by atoms with van der Waals surface area (Å²) in [5, 5.41) is 5.63. The number of fused-ring (bicyclic) bond motifs is 7. The minimum atomic E-state index is 0.660. The Hall–Kier alpha value is -7.08. The lowest BCUT2D eigenvalue weighted by molar-refractivity contribution is 0.669. The number of benzene rings is 8. The molecule has 11 aromatic rings. The van der Waals surface area contributed by atoms with Crippen molar-refractivity contribution in [2.75, 3.05) is 4.90 Å². The molecule has 0 saturated carbocycles. The van der Waals surface area contributed by atoms with E-state index in [-0.39, 0.29) is 0 Å². The van der Waals surface area contributed by atoms with Crippen molar-refractivity contribution in [2.45, 2.75) is 0 Å². The predicted octanol–water partition coefficient (Wildman–Crippen LogP) is 14.4. The van der Waals surface area contributed by atoms with Crippen molar-refractivity contribution in [1.82, 2.24) is 9.97 Å². The van der Waals surface area contributed by atoms with Crippen LogP contribution < -0.4 is 4.90 Å². The fourth-order valence-electron chi connectivity index (χ4n) is 7.84. The summed E-state index contributed by atoms with van der Waals surface area (Å²) in [5.74, 6) is 0.660. The Morgan fingerprint density at radius 1 is 0.455 bits per heavy atom. The molecular weight excluding hydrogens is 691 g/mol. The molecule has 55 heavy (non-hydrogen) atoms. The summed E-state index contributed by atoms with van der Waals surface area (Å²) in [6, 6.07) is 66.1. The molecule has 0 bridgehead atoms. The van der Waals surface area contributed by atoms with Crippen molar-refractivity contribution < 1.29 is 4.42 Å². The number of para-hydroxylation sites is 2. The van der Waals surface area contributed by atoms with Gasteiger partial charge < -0.3 is 9.32 Å². The zero-order chi connectivity index (χ0) is 36.3. The van der Waals surface area contributed by atoms with Crippen molar-refractivity contribution in [3.05, 3.63) is 188 Å². The van der Waals surface area contributed by atoms with Crippen molar-refractivity contribution in [1.29, 1.82) is 0 Å². The van der Waals surface area contributed by atoms with Gasteiger partial charge >= 0.3 is 0 Å². The molecule has 0 radical (unpaired) electrons. The van der Waals surface area contributed by atoms with E-state index in [0.717, 1.165) is 77.0 Å². The van der Waals surface area contributed by atoms with Crippen LogP contribution in [0, 0.1) is 0 Å². The van der Waals surface area contributed by atoms with Crippen LogP contribution in [0.3, 0.4) is 0 Å². The summed E-state index contributed by atoms with van der Waals surface area (Å²) < 4.78 is 8.94. The smallest absolute Gasteiger partial charge is 0.161 e. The van der Waals surface area contributed by atoms with Gasteiger partial charge in [0.2, 0.25) is 0 Å². The first-order valence-corrected chi connectivity index (χ1v) is 19.2. The molecule has 3 aromatic heterocycles. The van der Waals surface area contributed by atoms with Crippen LogP contribution in [0.15, 0.2) is 192 Å². The van der Waals surface area contributed by atoms with Crippen LogP contribution in [0.2, 0.25) is 0 Å². The van der Waals surface area contributed by atoms with Crippen molar-refractivity contribution in [2.24, 2.45) is 0 Å². The predicted molar refractivity (Wildman–Crippen MR) is 231 cm³/mol. The number of hydrogen-bond acceptors (Lipinski definition) is 5. The van der Waals surface area contributed by atoms with Crippen molar-refractivity contribution in [3.8, 4) is 33.8 Å². The van der Waals surface area contributed by atoms with E-state index in [0.29, 0.717) is 5.82 Å². The molecule has 0 aliphatic heterocycles. The highest BCUT2D eigenvalue weighted by molar-refractivity contribution is 7.26. The molecule has 3 heterocycles. The second kappa shape index (κ2) is 12.8. The molecule has 0 aliphatic carbocycles. The van der Waals surface area contributed by atoms with Crippen LogP contribution in [-0.4, -0.2) is 9.97 Å². The first kappa shape index (κ1) is 31.4. The Kier molecular flexibility index (Phi) is 7.32. The zero-order valence-electron chi connectivity index (χ0n) is 29.6. The molecule has 258 valence electrons. The molecule has 0 aliphatic rings. The van der Waals surface area contributed by atoms with E-state index in [2.05, 4.69) is 175 Å². The van der Waals surface area contributed by atoms with Gasteiger partial charge in [-0.15, -0.1) is 11.3 Å². The van der Waals surface area contributed by atoms with Gasteiger partial charge in [0.25, 0.3) is 0 Å². The van der Waals surface area contributed by atoms with Crippen molar-refractivity contribution in [3.63, 3.8) is 0 Å². The molecule has 8 aromatic carbocycles. The Labute approximate surface area is 321 Å². The Morgan fingerprint density at radius 3 is 1.96 bits per heavy atom. The number of hydrogen-bond donors (Lipinski definition) is 0. The van der Waals surface area contributed by atoms with Crippen LogP contribution in [0.5, 0.6) is 0 Å². The highest BCUT2D eigenvalue weighted by Gasteiger charge is 2.23. The van der Waals surface area contributed by atoms with E-state index in [1.54, 1.807) is 11.3 Å². The van der Waals surface area contributed by atoms with Crippen molar-refractivity contribution >= 4 is 81.4 Å². The fourth-order valence-corrected chi connectivity index (χ4v) is 9.00. The minimum Gasteiger partial charge on any atom is -0.456 e. The lowest BCUT2D eigenvalue weighted by atomic mass is 10.0. The summed E-state index contributed by atoms with van der Waals surface area (Å²) in [5.41, 5.74) is 10.8. The third-order valence-electron chi connectivity index (χ3n) is 10.5. The number of rotatable bonds is 6. The summed E-state index contributed by atoms with van der Waals surface area (Å²) in [4.78, 5) is 13.1. The standard InChI is InChI=1S/C50H31N3OS/c1-3-14-34(15-4-1)47-49-48(41-20-10-12-22-45(41)55-49)52-50(51-47)42-30-39(31-44-46(42)40-19-9-11-21-43(40)54-44)53(37-17-5-2-6-18-37)38-27-25-33(26-28-38)36-24-23-32-13-7-8-16-35(32)29-36/h1-31H. The Morgan fingerprint density at radius 2 is 1.13 bits per heavy atom. The fraction of sp³-hybridized carbons (Fsp3) is 0.